The third-order valence-electron chi connectivity index (χ3n) is 3.89. The number of para-hydroxylation sites is 1. The highest BCUT2D eigenvalue weighted by Gasteiger charge is 2.21. The molecule has 0 unspecified atom stereocenters. The van der Waals surface area contributed by atoms with Gasteiger partial charge in [0.1, 0.15) is 5.75 Å². The zero-order valence-electron chi connectivity index (χ0n) is 14.4. The summed E-state index contributed by atoms with van der Waals surface area (Å²) in [4.78, 5) is 12.3. The fourth-order valence-corrected chi connectivity index (χ4v) is 3.83. The molecule has 3 rings (SSSR count). The van der Waals surface area contributed by atoms with Gasteiger partial charge in [0.2, 0.25) is 0 Å². The summed E-state index contributed by atoms with van der Waals surface area (Å²) < 4.78 is 32.8. The summed E-state index contributed by atoms with van der Waals surface area (Å²) in [6.07, 6.45) is 0. The molecule has 3 aromatic rings. The summed E-state index contributed by atoms with van der Waals surface area (Å²) >= 11 is 3.31. The smallest absolute Gasteiger partial charge is 0.343 e. The minimum absolute atomic E-state index is 0.0917. The topological polar surface area (TPSA) is 63.7 Å². The number of nitrogens with zero attached hydrogens (tertiary/aromatic N) is 1. The van der Waals surface area contributed by atoms with Crippen LogP contribution < -0.4 is 9.04 Å². The molecule has 0 saturated carbocycles. The van der Waals surface area contributed by atoms with E-state index >= 15 is 0 Å². The molecule has 0 fully saturated rings. The Morgan fingerprint density at radius 1 is 0.889 bits per heavy atom. The zero-order valence-corrected chi connectivity index (χ0v) is 16.8. The molecule has 0 aliphatic heterocycles. The van der Waals surface area contributed by atoms with Gasteiger partial charge in [-0.15, -0.1) is 0 Å². The van der Waals surface area contributed by atoms with Crippen LogP contribution in [0.3, 0.4) is 0 Å². The van der Waals surface area contributed by atoms with Crippen molar-refractivity contribution >= 4 is 37.6 Å². The largest absolute Gasteiger partial charge is 0.423 e. The third-order valence-corrected chi connectivity index (χ3v) is 6.22. The van der Waals surface area contributed by atoms with Gasteiger partial charge in [-0.2, -0.15) is 0 Å². The third kappa shape index (κ3) is 4.37. The van der Waals surface area contributed by atoms with Crippen molar-refractivity contribution < 1.29 is 17.9 Å². The zero-order chi connectivity index (χ0) is 19.4. The lowest BCUT2D eigenvalue weighted by Crippen LogP contribution is -2.26. The van der Waals surface area contributed by atoms with Crippen molar-refractivity contribution in [1.82, 2.24) is 0 Å². The molecule has 0 amide bonds. The predicted octanol–water partition coefficient (Wildman–Crippen LogP) is 4.49. The lowest BCUT2D eigenvalue weighted by Gasteiger charge is -2.19. The predicted molar refractivity (Wildman–Crippen MR) is 108 cm³/mol. The van der Waals surface area contributed by atoms with E-state index in [1.807, 2.05) is 6.07 Å². The van der Waals surface area contributed by atoms with Crippen molar-refractivity contribution in [3.8, 4) is 5.75 Å². The van der Waals surface area contributed by atoms with Crippen LogP contribution >= 0.6 is 15.9 Å². The van der Waals surface area contributed by atoms with Gasteiger partial charge in [-0.1, -0.05) is 34.1 Å². The number of anilines is 1. The monoisotopic (exact) mass is 445 g/mol. The SMILES string of the molecule is CN(c1ccccc1)S(=O)(=O)c1ccc(C(=O)Oc2ccc(Br)cc2)cc1. The summed E-state index contributed by atoms with van der Waals surface area (Å²) in [5.74, 6) is -0.151. The quantitative estimate of drug-likeness (QED) is 0.428. The molecule has 0 spiro atoms. The second kappa shape index (κ2) is 7.94. The number of benzene rings is 3. The number of hydrogen-bond donors (Lipinski definition) is 0. The highest BCUT2D eigenvalue weighted by atomic mass is 79.9. The van der Waals surface area contributed by atoms with Gasteiger partial charge in [0.25, 0.3) is 10.0 Å². The molecule has 3 aromatic carbocycles. The van der Waals surface area contributed by atoms with E-state index in [-0.39, 0.29) is 10.5 Å². The lowest BCUT2D eigenvalue weighted by atomic mass is 10.2. The van der Waals surface area contributed by atoms with E-state index < -0.39 is 16.0 Å². The molecule has 0 saturated heterocycles. The molecule has 0 aliphatic carbocycles. The summed E-state index contributed by atoms with van der Waals surface area (Å²) in [6, 6.07) is 21.3. The molecule has 0 radical (unpaired) electrons. The Kier molecular flexibility index (Phi) is 5.62. The van der Waals surface area contributed by atoms with Crippen molar-refractivity contribution in [2.45, 2.75) is 4.90 Å². The average molecular weight is 446 g/mol. The van der Waals surface area contributed by atoms with Crippen LogP contribution in [0.25, 0.3) is 0 Å². The van der Waals surface area contributed by atoms with Crippen LogP contribution in [0.15, 0.2) is 88.2 Å². The van der Waals surface area contributed by atoms with Crippen LogP contribution in [0, 0.1) is 0 Å². The fourth-order valence-electron chi connectivity index (χ4n) is 2.37. The number of halogens is 1. The second-order valence-electron chi connectivity index (χ2n) is 5.68. The molecular formula is C20H16BrNO4S. The number of carbonyl (C=O) groups excluding carboxylic acids is 1. The van der Waals surface area contributed by atoms with E-state index in [4.69, 9.17) is 4.74 Å². The maximum Gasteiger partial charge on any atom is 0.343 e. The number of ether oxygens (including phenoxy) is 1. The van der Waals surface area contributed by atoms with E-state index in [0.717, 1.165) is 4.47 Å². The van der Waals surface area contributed by atoms with Gasteiger partial charge < -0.3 is 4.74 Å². The highest BCUT2D eigenvalue weighted by Crippen LogP contribution is 2.22. The van der Waals surface area contributed by atoms with Crippen molar-refractivity contribution in [3.05, 3.63) is 88.9 Å². The van der Waals surface area contributed by atoms with Gasteiger partial charge in [-0.25, -0.2) is 13.2 Å². The van der Waals surface area contributed by atoms with Crippen LogP contribution in [-0.4, -0.2) is 21.4 Å². The van der Waals surface area contributed by atoms with E-state index in [9.17, 15) is 13.2 Å². The number of esters is 1. The summed E-state index contributed by atoms with van der Waals surface area (Å²) in [5, 5.41) is 0. The summed E-state index contributed by atoms with van der Waals surface area (Å²) in [7, 11) is -2.24. The van der Waals surface area contributed by atoms with Gasteiger partial charge in [0.05, 0.1) is 16.1 Å². The van der Waals surface area contributed by atoms with E-state index in [1.54, 1.807) is 48.5 Å². The second-order valence-corrected chi connectivity index (χ2v) is 8.56. The molecule has 0 bridgehead atoms. The Morgan fingerprint density at radius 3 is 2.07 bits per heavy atom. The first-order valence-corrected chi connectivity index (χ1v) is 10.2. The number of carbonyl (C=O) groups is 1. The van der Waals surface area contributed by atoms with Crippen molar-refractivity contribution in [3.63, 3.8) is 0 Å². The first-order valence-electron chi connectivity index (χ1n) is 8.00. The van der Waals surface area contributed by atoms with Crippen LogP contribution in [-0.2, 0) is 10.0 Å². The fraction of sp³-hybridized carbons (Fsp3) is 0.0500. The molecular weight excluding hydrogens is 430 g/mol. The van der Waals surface area contributed by atoms with Crippen LogP contribution in [0.2, 0.25) is 0 Å². The standard InChI is InChI=1S/C20H16BrNO4S/c1-22(17-5-3-2-4-6-17)27(24,25)19-13-7-15(8-14-19)20(23)26-18-11-9-16(21)10-12-18/h2-14H,1H3. The Bertz CT molecular complexity index is 1030. The van der Waals surface area contributed by atoms with Gasteiger partial charge >= 0.3 is 5.97 Å². The minimum Gasteiger partial charge on any atom is -0.423 e. The van der Waals surface area contributed by atoms with Crippen molar-refractivity contribution in [2.75, 3.05) is 11.4 Å². The maximum atomic E-state index is 12.7. The van der Waals surface area contributed by atoms with E-state index in [0.29, 0.717) is 11.4 Å². The van der Waals surface area contributed by atoms with Gasteiger partial charge in [0.15, 0.2) is 0 Å². The number of hydrogen-bond acceptors (Lipinski definition) is 4. The Balaban J connectivity index is 1.78. The Hall–Kier alpha value is -2.64. The van der Waals surface area contributed by atoms with Gasteiger partial charge in [-0.05, 0) is 60.7 Å². The van der Waals surface area contributed by atoms with Crippen molar-refractivity contribution in [2.24, 2.45) is 0 Å². The molecule has 5 nitrogen and oxygen atoms in total. The highest BCUT2D eigenvalue weighted by molar-refractivity contribution is 9.10. The average Bonchev–Trinajstić information content (AvgIpc) is 2.70. The van der Waals surface area contributed by atoms with Gasteiger partial charge in [-0.3, -0.25) is 4.31 Å². The molecule has 0 N–H and O–H groups in total. The molecule has 0 heterocycles. The van der Waals surface area contributed by atoms with Crippen LogP contribution in [0.5, 0.6) is 5.75 Å². The minimum atomic E-state index is -3.72. The molecule has 138 valence electrons. The number of rotatable bonds is 5. The first-order chi connectivity index (χ1) is 12.9. The van der Waals surface area contributed by atoms with E-state index in [1.165, 1.54) is 35.6 Å². The first kappa shape index (κ1) is 19.1. The Morgan fingerprint density at radius 2 is 1.48 bits per heavy atom. The van der Waals surface area contributed by atoms with Crippen molar-refractivity contribution in [1.29, 1.82) is 0 Å². The molecule has 0 atom stereocenters. The molecule has 0 aromatic heterocycles. The summed E-state index contributed by atoms with van der Waals surface area (Å²) in [6.45, 7) is 0. The molecule has 7 heteroatoms. The normalized spacial score (nSPS) is 11.0. The van der Waals surface area contributed by atoms with Gasteiger partial charge in [0, 0.05) is 11.5 Å². The lowest BCUT2D eigenvalue weighted by molar-refractivity contribution is 0.0734. The van der Waals surface area contributed by atoms with E-state index in [2.05, 4.69) is 15.9 Å². The maximum absolute atomic E-state index is 12.7. The van der Waals surface area contributed by atoms with Crippen LogP contribution in [0.4, 0.5) is 5.69 Å². The number of sulfonamides is 1. The van der Waals surface area contributed by atoms with Crippen LogP contribution in [0.1, 0.15) is 10.4 Å². The summed E-state index contributed by atoms with van der Waals surface area (Å²) in [5.41, 5.74) is 0.815. The molecule has 0 aliphatic rings. The Labute approximate surface area is 166 Å². The molecule has 27 heavy (non-hydrogen) atoms.